The molecule has 3 heteroatoms. The van der Waals surface area contributed by atoms with Gasteiger partial charge in [0, 0.05) is 12.7 Å². The summed E-state index contributed by atoms with van der Waals surface area (Å²) in [6, 6.07) is 7.93. The predicted molar refractivity (Wildman–Crippen MR) is 79.8 cm³/mol. The molecule has 0 aromatic heterocycles. The first-order valence-corrected chi connectivity index (χ1v) is 6.56. The highest BCUT2D eigenvalue weighted by Gasteiger charge is 2.12. The van der Waals surface area contributed by atoms with Crippen LogP contribution in [-0.4, -0.2) is 6.03 Å². The molecule has 1 aromatic rings. The number of urea groups is 1. The van der Waals surface area contributed by atoms with Crippen LogP contribution in [0.2, 0.25) is 0 Å². The second kappa shape index (κ2) is 6.41. The monoisotopic (exact) mass is 260 g/mol. The minimum Gasteiger partial charge on any atom is -0.334 e. The zero-order valence-electron chi connectivity index (χ0n) is 12.5. The van der Waals surface area contributed by atoms with Gasteiger partial charge in [-0.3, -0.25) is 0 Å². The molecule has 0 spiro atoms. The predicted octanol–water partition coefficient (Wildman–Crippen LogP) is 3.74. The van der Waals surface area contributed by atoms with E-state index in [0.717, 1.165) is 11.1 Å². The van der Waals surface area contributed by atoms with E-state index in [-0.39, 0.29) is 11.4 Å². The molecule has 0 radical (unpaired) electrons. The summed E-state index contributed by atoms with van der Waals surface area (Å²) in [6.45, 7) is 10.9. The molecule has 0 atom stereocenters. The molecule has 1 aromatic carbocycles. The fraction of sp³-hybridized carbons (Fsp3) is 0.438. The van der Waals surface area contributed by atoms with E-state index in [1.165, 1.54) is 5.56 Å². The summed E-state index contributed by atoms with van der Waals surface area (Å²) >= 11 is 0. The van der Waals surface area contributed by atoms with Gasteiger partial charge in [0.05, 0.1) is 0 Å². The highest BCUT2D eigenvalue weighted by Crippen LogP contribution is 2.23. The Bertz CT molecular complexity index is 470. The van der Waals surface area contributed by atoms with Crippen molar-refractivity contribution < 1.29 is 4.79 Å². The maximum atomic E-state index is 11.7. The summed E-state index contributed by atoms with van der Waals surface area (Å²) in [5.74, 6) is 0. The second-order valence-corrected chi connectivity index (χ2v) is 5.89. The van der Waals surface area contributed by atoms with Crippen LogP contribution in [0.1, 0.15) is 38.8 Å². The SMILES string of the molecule is C/C(=C\NC(=O)NCc1cccc(C)c1)C(C)(C)C. The summed E-state index contributed by atoms with van der Waals surface area (Å²) in [5.41, 5.74) is 3.51. The first-order chi connectivity index (χ1) is 8.79. The van der Waals surface area contributed by atoms with Crippen LogP contribution >= 0.6 is 0 Å². The van der Waals surface area contributed by atoms with Crippen molar-refractivity contribution in [1.29, 1.82) is 0 Å². The van der Waals surface area contributed by atoms with E-state index in [9.17, 15) is 4.79 Å². The first-order valence-electron chi connectivity index (χ1n) is 6.56. The Balaban J connectivity index is 2.45. The van der Waals surface area contributed by atoms with Crippen molar-refractivity contribution >= 4 is 6.03 Å². The van der Waals surface area contributed by atoms with E-state index in [0.29, 0.717) is 6.54 Å². The number of carbonyl (C=O) groups is 1. The number of allylic oxidation sites excluding steroid dienone is 1. The van der Waals surface area contributed by atoms with Crippen LogP contribution in [0.3, 0.4) is 0 Å². The molecule has 0 unspecified atom stereocenters. The third kappa shape index (κ3) is 5.60. The molecule has 0 fully saturated rings. The molecule has 0 bridgehead atoms. The number of aryl methyl sites for hydroxylation is 1. The minimum absolute atomic E-state index is 0.0732. The van der Waals surface area contributed by atoms with Crippen molar-refractivity contribution in [2.75, 3.05) is 0 Å². The van der Waals surface area contributed by atoms with E-state index >= 15 is 0 Å². The number of carbonyl (C=O) groups excluding carboxylic acids is 1. The normalized spacial score (nSPS) is 12.2. The van der Waals surface area contributed by atoms with E-state index in [2.05, 4.69) is 37.5 Å². The lowest BCUT2D eigenvalue weighted by Gasteiger charge is -2.19. The van der Waals surface area contributed by atoms with Crippen molar-refractivity contribution in [3.63, 3.8) is 0 Å². The van der Waals surface area contributed by atoms with E-state index in [1.54, 1.807) is 6.20 Å². The highest BCUT2D eigenvalue weighted by atomic mass is 16.2. The van der Waals surface area contributed by atoms with Gasteiger partial charge < -0.3 is 10.6 Å². The van der Waals surface area contributed by atoms with E-state index in [1.807, 2.05) is 32.0 Å². The average Bonchev–Trinajstić information content (AvgIpc) is 2.32. The Hall–Kier alpha value is -1.77. The van der Waals surface area contributed by atoms with Gasteiger partial charge in [0.2, 0.25) is 0 Å². The fourth-order valence-corrected chi connectivity index (χ4v) is 1.45. The Morgan fingerprint density at radius 1 is 1.32 bits per heavy atom. The maximum absolute atomic E-state index is 11.7. The molecule has 0 heterocycles. The van der Waals surface area contributed by atoms with Crippen molar-refractivity contribution in [2.45, 2.75) is 41.2 Å². The van der Waals surface area contributed by atoms with Crippen molar-refractivity contribution in [1.82, 2.24) is 10.6 Å². The van der Waals surface area contributed by atoms with Crippen LogP contribution in [0, 0.1) is 12.3 Å². The highest BCUT2D eigenvalue weighted by molar-refractivity contribution is 5.75. The largest absolute Gasteiger partial charge is 0.334 e. The molecule has 0 saturated heterocycles. The second-order valence-electron chi connectivity index (χ2n) is 5.89. The molecule has 1 rings (SSSR count). The zero-order chi connectivity index (χ0) is 14.5. The summed E-state index contributed by atoms with van der Waals surface area (Å²) in [4.78, 5) is 11.7. The minimum atomic E-state index is -0.176. The standard InChI is InChI=1S/C16H24N2O/c1-12-7-6-8-14(9-12)11-18-15(19)17-10-13(2)16(3,4)5/h6-10H,11H2,1-5H3,(H2,17,18,19)/b13-10+. The van der Waals surface area contributed by atoms with Gasteiger partial charge in [0.25, 0.3) is 0 Å². The van der Waals surface area contributed by atoms with Gasteiger partial charge in [-0.15, -0.1) is 0 Å². The Kier molecular flexibility index (Phi) is 5.16. The molecule has 104 valence electrons. The Morgan fingerprint density at radius 2 is 2.00 bits per heavy atom. The van der Waals surface area contributed by atoms with Gasteiger partial charge >= 0.3 is 6.03 Å². The number of amides is 2. The number of hydrogen-bond donors (Lipinski definition) is 2. The number of nitrogens with one attached hydrogen (secondary N) is 2. The van der Waals surface area contributed by atoms with E-state index in [4.69, 9.17) is 0 Å². The number of benzene rings is 1. The summed E-state index contributed by atoms with van der Waals surface area (Å²) < 4.78 is 0. The smallest absolute Gasteiger partial charge is 0.319 e. The third-order valence-electron chi connectivity index (χ3n) is 3.14. The number of rotatable bonds is 3. The molecule has 19 heavy (non-hydrogen) atoms. The quantitative estimate of drug-likeness (QED) is 0.854. The first kappa shape index (κ1) is 15.3. The topological polar surface area (TPSA) is 41.1 Å². The van der Waals surface area contributed by atoms with Gasteiger partial charge in [-0.1, -0.05) is 56.2 Å². The fourth-order valence-electron chi connectivity index (χ4n) is 1.45. The molecule has 2 amide bonds. The van der Waals surface area contributed by atoms with Gasteiger partial charge in [-0.2, -0.15) is 0 Å². The van der Waals surface area contributed by atoms with Crippen LogP contribution < -0.4 is 10.6 Å². The molecular formula is C16H24N2O. The van der Waals surface area contributed by atoms with E-state index < -0.39 is 0 Å². The summed E-state index contributed by atoms with van der Waals surface area (Å²) in [6.07, 6.45) is 1.77. The summed E-state index contributed by atoms with van der Waals surface area (Å²) in [5, 5.41) is 5.60. The van der Waals surface area contributed by atoms with Crippen LogP contribution in [0.4, 0.5) is 4.79 Å². The lowest BCUT2D eigenvalue weighted by molar-refractivity contribution is 0.243. The van der Waals surface area contributed by atoms with Crippen LogP contribution in [0.25, 0.3) is 0 Å². The third-order valence-corrected chi connectivity index (χ3v) is 3.14. The molecule has 0 aliphatic heterocycles. The average molecular weight is 260 g/mol. The van der Waals surface area contributed by atoms with Gasteiger partial charge in [-0.25, -0.2) is 4.79 Å². The van der Waals surface area contributed by atoms with Crippen molar-refractivity contribution in [3.05, 3.63) is 47.2 Å². The molecule has 3 nitrogen and oxygen atoms in total. The lowest BCUT2D eigenvalue weighted by Crippen LogP contribution is -2.32. The Morgan fingerprint density at radius 3 is 2.58 bits per heavy atom. The molecule has 2 N–H and O–H groups in total. The van der Waals surface area contributed by atoms with Gasteiger partial charge in [-0.05, 0) is 24.8 Å². The van der Waals surface area contributed by atoms with Crippen LogP contribution in [0.15, 0.2) is 36.0 Å². The maximum Gasteiger partial charge on any atom is 0.319 e. The summed E-state index contributed by atoms with van der Waals surface area (Å²) in [7, 11) is 0. The van der Waals surface area contributed by atoms with Crippen molar-refractivity contribution in [2.24, 2.45) is 5.41 Å². The molecule has 0 saturated carbocycles. The number of hydrogen-bond acceptors (Lipinski definition) is 1. The van der Waals surface area contributed by atoms with Gasteiger partial charge in [0.1, 0.15) is 0 Å². The van der Waals surface area contributed by atoms with Crippen LogP contribution in [-0.2, 0) is 6.54 Å². The molecule has 0 aliphatic rings. The molecule has 0 aliphatic carbocycles. The van der Waals surface area contributed by atoms with Crippen molar-refractivity contribution in [3.8, 4) is 0 Å². The zero-order valence-corrected chi connectivity index (χ0v) is 12.5. The lowest BCUT2D eigenvalue weighted by atomic mass is 9.88. The van der Waals surface area contributed by atoms with Gasteiger partial charge in [0.15, 0.2) is 0 Å². The Labute approximate surface area is 116 Å². The molecular weight excluding hydrogens is 236 g/mol. The van der Waals surface area contributed by atoms with Crippen LogP contribution in [0.5, 0.6) is 0 Å².